The maximum Gasteiger partial charge on any atom is 0.338 e. The van der Waals surface area contributed by atoms with E-state index in [0.717, 1.165) is 10.0 Å². The topological polar surface area (TPSA) is 72.7 Å². The monoisotopic (exact) mass is 429 g/mol. The highest BCUT2D eigenvalue weighted by Gasteiger charge is 2.19. The van der Waals surface area contributed by atoms with Crippen molar-refractivity contribution in [2.45, 2.75) is 33.8 Å². The van der Waals surface area contributed by atoms with Crippen LogP contribution in [0.1, 0.15) is 46.0 Å². The number of aromatic nitrogens is 2. The number of anilines is 1. The molecule has 3 rings (SSSR count). The van der Waals surface area contributed by atoms with Crippen LogP contribution in [0.4, 0.5) is 5.69 Å². The number of pyridine rings is 1. The largest absolute Gasteiger partial charge is 0.459 e. The van der Waals surface area contributed by atoms with Crippen LogP contribution in [-0.4, -0.2) is 27.4 Å². The molecule has 0 radical (unpaired) electrons. The van der Waals surface area contributed by atoms with Crippen LogP contribution in [0.3, 0.4) is 0 Å². The van der Waals surface area contributed by atoms with Crippen molar-refractivity contribution >= 4 is 39.1 Å². The van der Waals surface area contributed by atoms with Gasteiger partial charge in [0.05, 0.1) is 21.8 Å². The van der Waals surface area contributed by atoms with Gasteiger partial charge in [0.1, 0.15) is 5.69 Å². The van der Waals surface area contributed by atoms with E-state index < -0.39 is 5.97 Å². The molecule has 1 aromatic carbocycles. The van der Waals surface area contributed by atoms with E-state index in [4.69, 9.17) is 4.74 Å². The molecule has 0 saturated carbocycles. The van der Waals surface area contributed by atoms with Gasteiger partial charge in [0.25, 0.3) is 5.91 Å². The van der Waals surface area contributed by atoms with Crippen LogP contribution >= 0.6 is 15.9 Å². The molecule has 1 N–H and O–H groups in total. The van der Waals surface area contributed by atoms with Crippen molar-refractivity contribution in [2.75, 3.05) is 5.32 Å². The number of fused-ring (bicyclic) bond motifs is 1. The number of aryl methyl sites for hydroxylation is 2. The summed E-state index contributed by atoms with van der Waals surface area (Å²) in [6.07, 6.45) is 1.66. The summed E-state index contributed by atoms with van der Waals surface area (Å²) >= 11 is 3.49. The van der Waals surface area contributed by atoms with Gasteiger partial charge in [-0.1, -0.05) is 6.07 Å². The molecule has 6 nitrogen and oxygen atoms in total. The SMILES string of the molecule is Cc1cc(Br)c2nc(C)c(C(=O)Nc3cccc(C(=O)OC(C)C)c3)n2c1. The predicted molar refractivity (Wildman–Crippen MR) is 107 cm³/mol. The Morgan fingerprint density at radius 2 is 1.96 bits per heavy atom. The zero-order valence-corrected chi connectivity index (χ0v) is 17.1. The smallest absolute Gasteiger partial charge is 0.338 e. The first kappa shape index (κ1) is 19.1. The quantitative estimate of drug-likeness (QED) is 0.618. The van der Waals surface area contributed by atoms with Crippen LogP contribution in [0.5, 0.6) is 0 Å². The molecule has 0 atom stereocenters. The lowest BCUT2D eigenvalue weighted by atomic mass is 10.2. The lowest BCUT2D eigenvalue weighted by molar-refractivity contribution is 0.0377. The van der Waals surface area contributed by atoms with E-state index >= 15 is 0 Å². The highest BCUT2D eigenvalue weighted by Crippen LogP contribution is 2.23. The zero-order chi connectivity index (χ0) is 19.7. The maximum atomic E-state index is 12.9. The van der Waals surface area contributed by atoms with Gasteiger partial charge in [0.15, 0.2) is 5.65 Å². The zero-order valence-electron chi connectivity index (χ0n) is 15.5. The fourth-order valence-corrected chi connectivity index (χ4v) is 3.46. The van der Waals surface area contributed by atoms with Crippen molar-refractivity contribution in [1.29, 1.82) is 0 Å². The highest BCUT2D eigenvalue weighted by molar-refractivity contribution is 9.10. The molecule has 0 saturated heterocycles. The van der Waals surface area contributed by atoms with E-state index in [1.54, 1.807) is 49.4 Å². The highest BCUT2D eigenvalue weighted by atomic mass is 79.9. The number of benzene rings is 1. The number of halogens is 1. The van der Waals surface area contributed by atoms with Gasteiger partial charge < -0.3 is 10.1 Å². The van der Waals surface area contributed by atoms with Gasteiger partial charge in [-0.05, 0) is 73.5 Å². The fraction of sp³-hybridized carbons (Fsp3) is 0.250. The van der Waals surface area contributed by atoms with Crippen molar-refractivity contribution in [3.8, 4) is 0 Å². The number of carbonyl (C=O) groups excluding carboxylic acids is 2. The maximum absolute atomic E-state index is 12.9. The molecular weight excluding hydrogens is 410 g/mol. The van der Waals surface area contributed by atoms with E-state index in [0.29, 0.717) is 28.3 Å². The Morgan fingerprint density at radius 1 is 1.22 bits per heavy atom. The number of hydrogen-bond donors (Lipinski definition) is 1. The minimum atomic E-state index is -0.424. The summed E-state index contributed by atoms with van der Waals surface area (Å²) in [5.41, 5.74) is 3.64. The molecule has 0 aliphatic carbocycles. The third-order valence-electron chi connectivity index (χ3n) is 3.90. The molecule has 0 aliphatic heterocycles. The summed E-state index contributed by atoms with van der Waals surface area (Å²) in [6, 6.07) is 8.63. The number of amides is 1. The molecule has 0 aliphatic rings. The first-order chi connectivity index (χ1) is 12.8. The van der Waals surface area contributed by atoms with E-state index in [2.05, 4.69) is 26.2 Å². The Morgan fingerprint density at radius 3 is 2.67 bits per heavy atom. The number of hydrogen-bond acceptors (Lipinski definition) is 4. The number of esters is 1. The van der Waals surface area contributed by atoms with Crippen LogP contribution in [0.15, 0.2) is 41.0 Å². The van der Waals surface area contributed by atoms with Crippen LogP contribution in [0, 0.1) is 13.8 Å². The molecule has 0 spiro atoms. The Balaban J connectivity index is 1.92. The van der Waals surface area contributed by atoms with Crippen molar-refractivity contribution in [3.63, 3.8) is 0 Å². The van der Waals surface area contributed by atoms with E-state index in [9.17, 15) is 9.59 Å². The van der Waals surface area contributed by atoms with Gasteiger partial charge in [-0.2, -0.15) is 0 Å². The summed E-state index contributed by atoms with van der Waals surface area (Å²) in [5.74, 6) is -0.724. The third-order valence-corrected chi connectivity index (χ3v) is 4.48. The Labute approximate surface area is 165 Å². The number of nitrogens with one attached hydrogen (secondary N) is 1. The molecule has 7 heteroatoms. The van der Waals surface area contributed by atoms with Crippen molar-refractivity contribution in [2.24, 2.45) is 0 Å². The van der Waals surface area contributed by atoms with Crippen LogP contribution in [0.25, 0.3) is 5.65 Å². The van der Waals surface area contributed by atoms with Crippen LogP contribution in [-0.2, 0) is 4.74 Å². The Bertz CT molecular complexity index is 1040. The van der Waals surface area contributed by atoms with E-state index in [1.165, 1.54) is 0 Å². The normalized spacial score (nSPS) is 11.0. The Hall–Kier alpha value is -2.67. The van der Waals surface area contributed by atoms with Gasteiger partial charge in [-0.25, -0.2) is 9.78 Å². The molecule has 0 fully saturated rings. The van der Waals surface area contributed by atoms with Gasteiger partial charge in [-0.3, -0.25) is 9.20 Å². The molecule has 3 aromatic rings. The fourth-order valence-electron chi connectivity index (χ4n) is 2.82. The van der Waals surface area contributed by atoms with E-state index in [-0.39, 0.29) is 12.0 Å². The third kappa shape index (κ3) is 4.03. The van der Waals surface area contributed by atoms with Crippen LogP contribution in [0.2, 0.25) is 0 Å². The lowest BCUT2D eigenvalue weighted by Crippen LogP contribution is -2.16. The molecule has 0 bridgehead atoms. The second-order valence-corrected chi connectivity index (χ2v) is 7.45. The number of carbonyl (C=O) groups is 2. The molecule has 140 valence electrons. The second kappa shape index (κ2) is 7.52. The minimum Gasteiger partial charge on any atom is -0.459 e. The van der Waals surface area contributed by atoms with Crippen molar-refractivity contribution in [3.05, 3.63) is 63.5 Å². The van der Waals surface area contributed by atoms with Gasteiger partial charge in [-0.15, -0.1) is 0 Å². The average molecular weight is 430 g/mol. The molecule has 2 aromatic heterocycles. The standard InChI is InChI=1S/C20H20BrN3O3/c1-11(2)27-20(26)14-6-5-7-15(9-14)23-19(25)17-13(4)22-18-16(21)8-12(3)10-24(17)18/h5-11H,1-4H3,(H,23,25). The summed E-state index contributed by atoms with van der Waals surface area (Å²) in [4.78, 5) is 29.4. The predicted octanol–water partition coefficient (Wildman–Crippen LogP) is 4.53. The average Bonchev–Trinajstić information content (AvgIpc) is 2.91. The number of ether oxygens (including phenoxy) is 1. The van der Waals surface area contributed by atoms with E-state index in [1.807, 2.05) is 19.2 Å². The molecule has 27 heavy (non-hydrogen) atoms. The summed E-state index contributed by atoms with van der Waals surface area (Å²) in [7, 11) is 0. The number of imidazole rings is 1. The van der Waals surface area contributed by atoms with Gasteiger partial charge in [0.2, 0.25) is 0 Å². The first-order valence-electron chi connectivity index (χ1n) is 8.53. The summed E-state index contributed by atoms with van der Waals surface area (Å²) < 4.78 is 7.79. The van der Waals surface area contributed by atoms with Crippen molar-refractivity contribution < 1.29 is 14.3 Å². The van der Waals surface area contributed by atoms with Gasteiger partial charge in [0, 0.05) is 11.9 Å². The van der Waals surface area contributed by atoms with Crippen LogP contribution < -0.4 is 5.32 Å². The molecule has 0 unspecified atom stereocenters. The van der Waals surface area contributed by atoms with Crippen molar-refractivity contribution in [1.82, 2.24) is 9.38 Å². The lowest BCUT2D eigenvalue weighted by Gasteiger charge is -2.10. The summed E-state index contributed by atoms with van der Waals surface area (Å²) in [5, 5.41) is 2.84. The Kier molecular flexibility index (Phi) is 5.32. The molecule has 2 heterocycles. The first-order valence-corrected chi connectivity index (χ1v) is 9.32. The summed E-state index contributed by atoms with van der Waals surface area (Å²) in [6.45, 7) is 7.32. The number of rotatable bonds is 4. The van der Waals surface area contributed by atoms with Gasteiger partial charge >= 0.3 is 5.97 Å². The molecular formula is C20H20BrN3O3. The number of nitrogens with zero attached hydrogens (tertiary/aromatic N) is 2. The minimum absolute atomic E-state index is 0.210. The second-order valence-electron chi connectivity index (χ2n) is 6.59. The molecule has 1 amide bonds.